The van der Waals surface area contributed by atoms with Gasteiger partial charge in [-0.15, -0.1) is 0 Å². The van der Waals surface area contributed by atoms with E-state index in [-0.39, 0.29) is 17.7 Å². The van der Waals surface area contributed by atoms with E-state index in [0.717, 1.165) is 46.7 Å². The second-order valence-corrected chi connectivity index (χ2v) is 12.4. The van der Waals surface area contributed by atoms with Crippen molar-refractivity contribution in [2.45, 2.75) is 43.4 Å². The van der Waals surface area contributed by atoms with Crippen molar-refractivity contribution < 1.29 is 14.7 Å². The van der Waals surface area contributed by atoms with Gasteiger partial charge in [-0.05, 0) is 36.5 Å². The average molecular weight is 581 g/mol. The number of aromatic nitrogens is 4. The number of hydrogen-bond donors (Lipinski definition) is 2. The Bertz CT molecular complexity index is 1960. The van der Waals surface area contributed by atoms with Gasteiger partial charge in [-0.2, -0.15) is 9.78 Å². The van der Waals surface area contributed by atoms with Crippen LogP contribution in [0.25, 0.3) is 28.3 Å². The molecule has 4 heterocycles. The Labute approximate surface area is 253 Å². The van der Waals surface area contributed by atoms with Gasteiger partial charge >= 0.3 is 0 Å². The number of rotatable bonds is 5. The highest BCUT2D eigenvalue weighted by molar-refractivity contribution is 6.22. The first-order valence-corrected chi connectivity index (χ1v) is 15.0. The van der Waals surface area contributed by atoms with Gasteiger partial charge in [0.2, 0.25) is 0 Å². The van der Waals surface area contributed by atoms with Crippen molar-refractivity contribution in [1.82, 2.24) is 24.6 Å². The molecule has 2 aromatic heterocycles. The molecule has 2 aliphatic carbocycles. The fourth-order valence-corrected chi connectivity index (χ4v) is 7.41. The number of benzene rings is 3. The molecule has 0 saturated heterocycles. The number of aliphatic hydroxyl groups is 1. The van der Waals surface area contributed by atoms with Gasteiger partial charge in [-0.1, -0.05) is 66.7 Å². The van der Waals surface area contributed by atoms with Crippen molar-refractivity contribution >= 4 is 17.6 Å². The summed E-state index contributed by atoms with van der Waals surface area (Å²) in [5.41, 5.74) is 3.92. The van der Waals surface area contributed by atoms with Gasteiger partial charge in [0.25, 0.3) is 11.8 Å². The molecule has 0 bridgehead atoms. The number of imide groups is 1. The van der Waals surface area contributed by atoms with Gasteiger partial charge in [0.1, 0.15) is 11.5 Å². The van der Waals surface area contributed by atoms with Crippen LogP contribution in [0.15, 0.2) is 91.1 Å². The SMILES string of the molecule is O=C1c2ccccc2C(=O)N1[C@]1(c2ccc(-c3nc4c(nc3-c3ccccc3)CNc3ccnn3-4)cc2)C[C@](O)(C2CC2)C1. The topological polar surface area (TPSA) is 113 Å². The van der Waals surface area contributed by atoms with Crippen LogP contribution >= 0.6 is 0 Å². The predicted molar refractivity (Wildman–Crippen MR) is 163 cm³/mol. The third-order valence-electron chi connectivity index (χ3n) is 9.73. The number of carbonyl (C=O) groups excluding carboxylic acids is 2. The van der Waals surface area contributed by atoms with Crippen LogP contribution in [0, 0.1) is 5.92 Å². The summed E-state index contributed by atoms with van der Waals surface area (Å²) >= 11 is 0. The second kappa shape index (κ2) is 8.93. The number of amides is 2. The maximum absolute atomic E-state index is 13.7. The molecule has 9 rings (SSSR count). The van der Waals surface area contributed by atoms with E-state index in [0.29, 0.717) is 42.0 Å². The molecule has 2 aliphatic heterocycles. The summed E-state index contributed by atoms with van der Waals surface area (Å²) in [7, 11) is 0. The normalized spacial score (nSPS) is 23.4. The lowest BCUT2D eigenvalue weighted by molar-refractivity contribution is -0.143. The van der Waals surface area contributed by atoms with Gasteiger partial charge in [-0.25, -0.2) is 9.97 Å². The fourth-order valence-electron chi connectivity index (χ4n) is 7.41. The molecule has 5 aromatic rings. The number of anilines is 1. The minimum absolute atomic E-state index is 0.214. The fraction of sp³-hybridized carbons (Fsp3) is 0.229. The third-order valence-corrected chi connectivity index (χ3v) is 9.73. The van der Waals surface area contributed by atoms with Crippen LogP contribution in [0.1, 0.15) is 57.7 Å². The lowest BCUT2D eigenvalue weighted by atomic mass is 9.58. The molecule has 0 atom stereocenters. The molecule has 9 nitrogen and oxygen atoms in total. The second-order valence-electron chi connectivity index (χ2n) is 12.4. The molecule has 4 aliphatic rings. The molecule has 0 spiro atoms. The van der Waals surface area contributed by atoms with Crippen LogP contribution in [-0.4, -0.2) is 47.2 Å². The van der Waals surface area contributed by atoms with Gasteiger partial charge in [0, 0.05) is 30.0 Å². The van der Waals surface area contributed by atoms with Crippen molar-refractivity contribution in [3.63, 3.8) is 0 Å². The molecule has 2 N–H and O–H groups in total. The van der Waals surface area contributed by atoms with Crippen molar-refractivity contribution in [1.29, 1.82) is 0 Å². The van der Waals surface area contributed by atoms with E-state index in [1.807, 2.05) is 60.7 Å². The standard InChI is InChI=1S/C35H28N6O3/c42-32-25-8-4-5-9-26(25)33(43)40(32)34(19-35(44,20-34)24-14-15-24)23-12-10-22(11-13-23)30-29(21-6-2-1-3-7-21)38-27-18-36-28-16-17-37-41(28)31(27)39-30/h1-13,16-17,24,36,44H,14-15,18-20H2/t34-,35-. The van der Waals surface area contributed by atoms with E-state index in [4.69, 9.17) is 9.97 Å². The monoisotopic (exact) mass is 580 g/mol. The largest absolute Gasteiger partial charge is 0.389 e. The van der Waals surface area contributed by atoms with Crippen molar-refractivity contribution in [3.05, 3.63) is 114 Å². The number of nitrogens with one attached hydrogen (secondary N) is 1. The number of hydrogen-bond acceptors (Lipinski definition) is 7. The van der Waals surface area contributed by atoms with Crippen molar-refractivity contribution in [2.24, 2.45) is 5.92 Å². The average Bonchev–Trinajstić information content (AvgIpc) is 3.74. The van der Waals surface area contributed by atoms with Gasteiger partial charge in [0.15, 0.2) is 5.82 Å². The van der Waals surface area contributed by atoms with E-state index < -0.39 is 11.1 Å². The van der Waals surface area contributed by atoms with Gasteiger partial charge < -0.3 is 10.4 Å². The van der Waals surface area contributed by atoms with Crippen LogP contribution in [0.5, 0.6) is 0 Å². The Morgan fingerprint density at radius 2 is 1.41 bits per heavy atom. The molecule has 2 fully saturated rings. The number of carbonyl (C=O) groups is 2. The minimum atomic E-state index is -0.928. The van der Waals surface area contributed by atoms with E-state index >= 15 is 0 Å². The summed E-state index contributed by atoms with van der Waals surface area (Å²) < 4.78 is 1.77. The Morgan fingerprint density at radius 3 is 2.09 bits per heavy atom. The van der Waals surface area contributed by atoms with Crippen LogP contribution in [0.2, 0.25) is 0 Å². The molecular formula is C35H28N6O3. The lowest BCUT2D eigenvalue weighted by Crippen LogP contribution is -2.65. The molecule has 44 heavy (non-hydrogen) atoms. The van der Waals surface area contributed by atoms with Crippen LogP contribution in [-0.2, 0) is 12.1 Å². The molecule has 0 radical (unpaired) electrons. The summed E-state index contributed by atoms with van der Waals surface area (Å²) in [6.45, 7) is 0.541. The van der Waals surface area contributed by atoms with Crippen molar-refractivity contribution in [3.8, 4) is 28.3 Å². The molecule has 2 amide bonds. The molecule has 2 saturated carbocycles. The van der Waals surface area contributed by atoms with Crippen LogP contribution < -0.4 is 5.32 Å². The maximum atomic E-state index is 13.7. The Kier molecular flexibility index (Phi) is 5.15. The van der Waals surface area contributed by atoms with Crippen LogP contribution in [0.4, 0.5) is 5.82 Å². The zero-order chi connectivity index (χ0) is 29.6. The first-order valence-electron chi connectivity index (χ1n) is 15.0. The van der Waals surface area contributed by atoms with E-state index in [1.54, 1.807) is 35.1 Å². The first-order chi connectivity index (χ1) is 21.5. The predicted octanol–water partition coefficient (Wildman–Crippen LogP) is 5.35. The lowest BCUT2D eigenvalue weighted by Gasteiger charge is -2.57. The highest BCUT2D eigenvalue weighted by Crippen LogP contribution is 2.61. The summed E-state index contributed by atoms with van der Waals surface area (Å²) in [6, 6.07) is 26.8. The Hall–Kier alpha value is -5.15. The minimum Gasteiger partial charge on any atom is -0.389 e. The molecule has 3 aromatic carbocycles. The number of nitrogens with zero attached hydrogens (tertiary/aromatic N) is 5. The quantitative estimate of drug-likeness (QED) is 0.270. The maximum Gasteiger partial charge on any atom is 0.262 e. The molecular weight excluding hydrogens is 552 g/mol. The zero-order valence-corrected chi connectivity index (χ0v) is 23.8. The van der Waals surface area contributed by atoms with Crippen molar-refractivity contribution in [2.75, 3.05) is 5.32 Å². The van der Waals surface area contributed by atoms with Crippen LogP contribution in [0.3, 0.4) is 0 Å². The number of fused-ring (bicyclic) bond motifs is 4. The van der Waals surface area contributed by atoms with Gasteiger partial charge in [0.05, 0.1) is 46.4 Å². The van der Waals surface area contributed by atoms with E-state index in [1.165, 1.54) is 4.90 Å². The Morgan fingerprint density at radius 1 is 0.773 bits per heavy atom. The summed E-state index contributed by atoms with van der Waals surface area (Å²) in [5.74, 6) is 1.15. The van der Waals surface area contributed by atoms with Gasteiger partial charge in [-0.3, -0.25) is 14.5 Å². The summed E-state index contributed by atoms with van der Waals surface area (Å²) in [6.07, 6.45) is 4.34. The van der Waals surface area contributed by atoms with E-state index in [9.17, 15) is 14.7 Å². The zero-order valence-electron chi connectivity index (χ0n) is 23.8. The van der Waals surface area contributed by atoms with E-state index in [2.05, 4.69) is 10.4 Å². The third kappa shape index (κ3) is 3.53. The molecule has 0 unspecified atom stereocenters. The smallest absolute Gasteiger partial charge is 0.262 e. The Balaban J connectivity index is 1.16. The summed E-state index contributed by atoms with van der Waals surface area (Å²) in [5, 5.41) is 19.3. The first kappa shape index (κ1) is 25.4. The molecule has 216 valence electrons. The highest BCUT2D eigenvalue weighted by atomic mass is 16.3. The molecule has 9 heteroatoms. The highest BCUT2D eigenvalue weighted by Gasteiger charge is 2.66. The summed E-state index contributed by atoms with van der Waals surface area (Å²) in [4.78, 5) is 39.0.